The second-order valence-corrected chi connectivity index (χ2v) is 5.58. The van der Waals surface area contributed by atoms with Crippen molar-refractivity contribution in [3.63, 3.8) is 0 Å². The molecule has 2 aliphatic rings. The first-order valence-corrected chi connectivity index (χ1v) is 6.26. The average molecular weight is 222 g/mol. The van der Waals surface area contributed by atoms with Gasteiger partial charge in [0.05, 0.1) is 5.92 Å². The van der Waals surface area contributed by atoms with Gasteiger partial charge in [-0.25, -0.2) is 0 Å². The van der Waals surface area contributed by atoms with Gasteiger partial charge in [0, 0.05) is 31.9 Å². The molecule has 1 aliphatic heterocycles. The lowest BCUT2D eigenvalue weighted by Crippen LogP contribution is -2.45. The molecule has 2 rings (SSSR count). The van der Waals surface area contributed by atoms with Gasteiger partial charge in [0.1, 0.15) is 6.29 Å². The minimum Gasteiger partial charge on any atom is -0.372 e. The summed E-state index contributed by atoms with van der Waals surface area (Å²) in [6.07, 6.45) is 5.57. The molecule has 1 unspecified atom stereocenters. The van der Waals surface area contributed by atoms with E-state index in [0.29, 0.717) is 0 Å². The zero-order valence-corrected chi connectivity index (χ0v) is 10.3. The Morgan fingerprint density at radius 2 is 2.12 bits per heavy atom. The Hall–Kier alpha value is -0.830. The quantitative estimate of drug-likeness (QED) is 0.717. The van der Waals surface area contributed by atoms with Crippen LogP contribution < -0.4 is 5.32 Å². The maximum absolute atomic E-state index is 11.1. The number of aldehydes is 1. The first-order chi connectivity index (χ1) is 7.62. The minimum atomic E-state index is 0.131. The Morgan fingerprint density at radius 1 is 1.44 bits per heavy atom. The van der Waals surface area contributed by atoms with E-state index in [0.717, 1.165) is 45.3 Å². The van der Waals surface area contributed by atoms with Crippen LogP contribution in [0.25, 0.3) is 0 Å². The fraction of sp³-hybridized carbons (Fsp3) is 0.769. The Bertz CT molecular complexity index is 290. The molecule has 0 aromatic heterocycles. The number of rotatable bonds is 2. The van der Waals surface area contributed by atoms with Gasteiger partial charge in [0.25, 0.3) is 0 Å². The summed E-state index contributed by atoms with van der Waals surface area (Å²) in [5, 5.41) is 3.35. The van der Waals surface area contributed by atoms with Crippen LogP contribution in [0.2, 0.25) is 0 Å². The van der Waals surface area contributed by atoms with Gasteiger partial charge in [-0.2, -0.15) is 0 Å². The van der Waals surface area contributed by atoms with Gasteiger partial charge >= 0.3 is 0 Å². The molecule has 0 spiro atoms. The number of piperazine rings is 1. The summed E-state index contributed by atoms with van der Waals surface area (Å²) in [7, 11) is 0. The molecule has 90 valence electrons. The molecule has 0 aromatic carbocycles. The summed E-state index contributed by atoms with van der Waals surface area (Å²) in [4.78, 5) is 13.5. The maximum Gasteiger partial charge on any atom is 0.128 e. The number of carbonyl (C=O) groups excluding carboxylic acids is 1. The molecule has 3 nitrogen and oxygen atoms in total. The SMILES string of the molecule is CC1(C)C=C(N2CCNCC2)C(C=O)CC1. The van der Waals surface area contributed by atoms with Crippen molar-refractivity contribution in [1.82, 2.24) is 10.2 Å². The van der Waals surface area contributed by atoms with E-state index in [1.807, 2.05) is 0 Å². The van der Waals surface area contributed by atoms with E-state index in [2.05, 4.69) is 30.1 Å². The zero-order valence-electron chi connectivity index (χ0n) is 10.3. The third-order valence-electron chi connectivity index (χ3n) is 3.66. The largest absolute Gasteiger partial charge is 0.372 e. The lowest BCUT2D eigenvalue weighted by molar-refractivity contribution is -0.111. The van der Waals surface area contributed by atoms with E-state index in [-0.39, 0.29) is 11.3 Å². The molecule has 0 radical (unpaired) electrons. The summed E-state index contributed by atoms with van der Waals surface area (Å²) in [5.41, 5.74) is 1.52. The van der Waals surface area contributed by atoms with Gasteiger partial charge in [-0.3, -0.25) is 0 Å². The van der Waals surface area contributed by atoms with Crippen LogP contribution in [0.4, 0.5) is 0 Å². The number of hydrogen-bond acceptors (Lipinski definition) is 3. The van der Waals surface area contributed by atoms with Gasteiger partial charge in [0.15, 0.2) is 0 Å². The fourth-order valence-corrected chi connectivity index (χ4v) is 2.64. The summed E-state index contributed by atoms with van der Waals surface area (Å²) >= 11 is 0. The second kappa shape index (κ2) is 4.58. The molecule has 1 heterocycles. The number of nitrogens with one attached hydrogen (secondary N) is 1. The standard InChI is InChI=1S/C13H22N2O/c1-13(2)4-3-11(10-16)12(9-13)15-7-5-14-6-8-15/h9-11,14H,3-8H2,1-2H3. The first kappa shape index (κ1) is 11.6. The summed E-state index contributed by atoms with van der Waals surface area (Å²) in [6, 6.07) is 0. The number of hydrogen-bond donors (Lipinski definition) is 1. The highest BCUT2D eigenvalue weighted by atomic mass is 16.1. The Labute approximate surface area is 97.9 Å². The van der Waals surface area contributed by atoms with Crippen LogP contribution in [0.1, 0.15) is 26.7 Å². The highest BCUT2D eigenvalue weighted by molar-refractivity contribution is 5.59. The Balaban J connectivity index is 2.18. The molecular formula is C13H22N2O. The maximum atomic E-state index is 11.1. The van der Waals surface area contributed by atoms with Crippen LogP contribution in [-0.2, 0) is 4.79 Å². The molecule has 0 amide bonds. The minimum absolute atomic E-state index is 0.131. The fourth-order valence-electron chi connectivity index (χ4n) is 2.64. The van der Waals surface area contributed by atoms with Crippen LogP contribution in [0.5, 0.6) is 0 Å². The summed E-state index contributed by atoms with van der Waals surface area (Å²) < 4.78 is 0. The van der Waals surface area contributed by atoms with Gasteiger partial charge in [-0.05, 0) is 18.3 Å². The van der Waals surface area contributed by atoms with Gasteiger partial charge in [0.2, 0.25) is 0 Å². The predicted octanol–water partition coefficient (Wildman–Crippen LogP) is 1.41. The predicted molar refractivity (Wildman–Crippen MR) is 65.1 cm³/mol. The topological polar surface area (TPSA) is 32.3 Å². The van der Waals surface area contributed by atoms with Crippen molar-refractivity contribution in [3.05, 3.63) is 11.8 Å². The Kier molecular flexibility index (Phi) is 3.33. The lowest BCUT2D eigenvalue weighted by atomic mass is 9.77. The van der Waals surface area contributed by atoms with E-state index in [9.17, 15) is 4.79 Å². The molecule has 1 fully saturated rings. The van der Waals surface area contributed by atoms with Crippen molar-refractivity contribution in [1.29, 1.82) is 0 Å². The zero-order chi connectivity index (χ0) is 11.6. The van der Waals surface area contributed by atoms with Crippen molar-refractivity contribution in [2.75, 3.05) is 26.2 Å². The molecule has 16 heavy (non-hydrogen) atoms. The molecule has 3 heteroatoms. The Morgan fingerprint density at radius 3 is 2.75 bits per heavy atom. The molecular weight excluding hydrogens is 200 g/mol. The first-order valence-electron chi connectivity index (χ1n) is 6.26. The third-order valence-corrected chi connectivity index (χ3v) is 3.66. The third kappa shape index (κ3) is 2.46. The van der Waals surface area contributed by atoms with Gasteiger partial charge in [-0.1, -0.05) is 19.9 Å². The molecule has 0 saturated carbocycles. The number of nitrogens with zero attached hydrogens (tertiary/aromatic N) is 1. The highest BCUT2D eigenvalue weighted by Crippen LogP contribution is 2.37. The van der Waals surface area contributed by atoms with Crippen LogP contribution >= 0.6 is 0 Å². The van der Waals surface area contributed by atoms with Crippen LogP contribution in [0.15, 0.2) is 11.8 Å². The van der Waals surface area contributed by atoms with E-state index >= 15 is 0 Å². The van der Waals surface area contributed by atoms with Crippen molar-refractivity contribution >= 4 is 6.29 Å². The molecule has 1 aliphatic carbocycles. The molecule has 1 N–H and O–H groups in total. The van der Waals surface area contributed by atoms with Crippen molar-refractivity contribution < 1.29 is 4.79 Å². The molecule has 1 atom stereocenters. The summed E-state index contributed by atoms with van der Waals surface area (Å²) in [6.45, 7) is 8.65. The van der Waals surface area contributed by atoms with Gasteiger partial charge in [-0.15, -0.1) is 0 Å². The second-order valence-electron chi connectivity index (χ2n) is 5.58. The molecule has 0 bridgehead atoms. The van der Waals surface area contributed by atoms with Crippen molar-refractivity contribution in [3.8, 4) is 0 Å². The number of allylic oxidation sites excluding steroid dienone is 2. The monoisotopic (exact) mass is 222 g/mol. The van der Waals surface area contributed by atoms with Crippen molar-refractivity contribution in [2.24, 2.45) is 11.3 Å². The van der Waals surface area contributed by atoms with Gasteiger partial charge < -0.3 is 15.0 Å². The lowest BCUT2D eigenvalue weighted by Gasteiger charge is -2.39. The molecule has 1 saturated heterocycles. The van der Waals surface area contributed by atoms with E-state index in [1.165, 1.54) is 5.70 Å². The van der Waals surface area contributed by atoms with E-state index in [4.69, 9.17) is 0 Å². The normalized spacial score (nSPS) is 29.8. The van der Waals surface area contributed by atoms with E-state index < -0.39 is 0 Å². The van der Waals surface area contributed by atoms with E-state index in [1.54, 1.807) is 0 Å². The average Bonchev–Trinajstić information content (AvgIpc) is 2.29. The van der Waals surface area contributed by atoms with Crippen molar-refractivity contribution in [2.45, 2.75) is 26.7 Å². The van der Waals surface area contributed by atoms with Crippen LogP contribution in [-0.4, -0.2) is 37.4 Å². The number of carbonyl (C=O) groups is 1. The smallest absolute Gasteiger partial charge is 0.128 e. The highest BCUT2D eigenvalue weighted by Gasteiger charge is 2.30. The summed E-state index contributed by atoms with van der Waals surface area (Å²) in [5.74, 6) is 0.131. The van der Waals surface area contributed by atoms with Crippen LogP contribution in [0.3, 0.4) is 0 Å². The van der Waals surface area contributed by atoms with Crippen LogP contribution in [0, 0.1) is 11.3 Å². The molecule has 0 aromatic rings.